The van der Waals surface area contributed by atoms with E-state index in [1.165, 1.54) is 12.1 Å². The molecule has 1 saturated carbocycles. The number of ether oxygens (including phenoxy) is 1. The highest BCUT2D eigenvalue weighted by molar-refractivity contribution is 5.84. The van der Waals surface area contributed by atoms with Crippen LogP contribution in [0.3, 0.4) is 0 Å². The van der Waals surface area contributed by atoms with E-state index in [0.29, 0.717) is 0 Å². The third-order valence-corrected chi connectivity index (χ3v) is 5.73. The second-order valence-corrected chi connectivity index (χ2v) is 7.49. The van der Waals surface area contributed by atoms with Gasteiger partial charge in [0, 0.05) is 17.1 Å². The van der Waals surface area contributed by atoms with Crippen LogP contribution in [0.4, 0.5) is 13.2 Å². The molecule has 1 aromatic heterocycles. The van der Waals surface area contributed by atoms with Crippen LogP contribution >= 0.6 is 0 Å². The van der Waals surface area contributed by atoms with E-state index in [2.05, 4.69) is 4.98 Å². The van der Waals surface area contributed by atoms with Gasteiger partial charge < -0.3 is 15.5 Å². The Morgan fingerprint density at radius 2 is 1.82 bits per heavy atom. The second kappa shape index (κ2) is 7.26. The van der Waals surface area contributed by atoms with E-state index in [4.69, 9.17) is 10.5 Å². The predicted octanol–water partition coefficient (Wildman–Crippen LogP) is 5.50. The lowest BCUT2D eigenvalue weighted by Crippen LogP contribution is -2.51. The summed E-state index contributed by atoms with van der Waals surface area (Å²) in [5.74, 6) is 0. The molecule has 2 atom stereocenters. The van der Waals surface area contributed by atoms with Crippen LogP contribution in [0.25, 0.3) is 10.9 Å². The first-order valence-corrected chi connectivity index (χ1v) is 9.52. The van der Waals surface area contributed by atoms with Crippen molar-refractivity contribution in [3.8, 4) is 0 Å². The molecule has 1 fully saturated rings. The summed E-state index contributed by atoms with van der Waals surface area (Å²) in [6.45, 7) is -0.109. The number of benzene rings is 2. The van der Waals surface area contributed by atoms with Gasteiger partial charge in [0.2, 0.25) is 0 Å². The van der Waals surface area contributed by atoms with Crippen molar-refractivity contribution >= 4 is 10.9 Å². The minimum absolute atomic E-state index is 0.109. The Morgan fingerprint density at radius 1 is 1.07 bits per heavy atom. The zero-order valence-electron chi connectivity index (χ0n) is 15.4. The number of hydrogen-bond donors (Lipinski definition) is 2. The summed E-state index contributed by atoms with van der Waals surface area (Å²) in [5.41, 5.74) is 7.58. The molecular weight excluding hydrogens is 365 g/mol. The van der Waals surface area contributed by atoms with E-state index in [9.17, 15) is 13.2 Å². The van der Waals surface area contributed by atoms with Crippen LogP contribution in [0.1, 0.15) is 42.4 Å². The van der Waals surface area contributed by atoms with E-state index >= 15 is 0 Å². The summed E-state index contributed by atoms with van der Waals surface area (Å²) >= 11 is 0. The summed E-state index contributed by atoms with van der Waals surface area (Å²) in [5, 5.41) is 1.04. The molecule has 6 heteroatoms. The Labute approximate surface area is 161 Å². The highest BCUT2D eigenvalue weighted by atomic mass is 19.4. The molecule has 0 aliphatic heterocycles. The number of fused-ring (bicyclic) bond motifs is 1. The zero-order chi connectivity index (χ0) is 19.8. The molecule has 1 heterocycles. The Bertz CT molecular complexity index is 966. The van der Waals surface area contributed by atoms with Crippen LogP contribution in [-0.2, 0) is 23.1 Å². The van der Waals surface area contributed by atoms with Gasteiger partial charge in [0.15, 0.2) is 0 Å². The maximum absolute atomic E-state index is 13.3. The Morgan fingerprint density at radius 3 is 2.64 bits per heavy atom. The molecule has 148 valence electrons. The zero-order valence-corrected chi connectivity index (χ0v) is 15.4. The normalized spacial score (nSPS) is 23.2. The number of hydrogen-bond acceptors (Lipinski definition) is 2. The number of halogens is 3. The lowest BCUT2D eigenvalue weighted by molar-refractivity contribution is -0.139. The van der Waals surface area contributed by atoms with E-state index < -0.39 is 17.3 Å². The number of aromatic nitrogens is 1. The molecule has 28 heavy (non-hydrogen) atoms. The van der Waals surface area contributed by atoms with Crippen molar-refractivity contribution in [2.45, 2.75) is 50.1 Å². The van der Waals surface area contributed by atoms with Gasteiger partial charge in [-0.1, -0.05) is 49.2 Å². The van der Waals surface area contributed by atoms with Gasteiger partial charge in [-0.2, -0.15) is 13.2 Å². The van der Waals surface area contributed by atoms with Crippen LogP contribution in [-0.4, -0.2) is 11.1 Å². The highest BCUT2D eigenvalue weighted by Gasteiger charge is 2.41. The Hall–Kier alpha value is -2.31. The number of alkyl halides is 3. The van der Waals surface area contributed by atoms with E-state index in [-0.39, 0.29) is 18.3 Å². The van der Waals surface area contributed by atoms with Crippen LogP contribution in [0.2, 0.25) is 0 Å². The average Bonchev–Trinajstić information content (AvgIpc) is 3.12. The van der Waals surface area contributed by atoms with Crippen molar-refractivity contribution in [3.63, 3.8) is 0 Å². The molecule has 4 rings (SSSR count). The van der Waals surface area contributed by atoms with Crippen molar-refractivity contribution in [2.75, 3.05) is 0 Å². The molecule has 1 aliphatic carbocycles. The van der Waals surface area contributed by atoms with E-state index in [1.807, 2.05) is 30.5 Å². The van der Waals surface area contributed by atoms with Gasteiger partial charge in [0.1, 0.15) is 0 Å². The number of H-pyrrole nitrogens is 1. The molecule has 0 spiro atoms. The lowest BCUT2D eigenvalue weighted by Gasteiger charge is -2.41. The first-order chi connectivity index (χ1) is 13.4. The largest absolute Gasteiger partial charge is 0.416 e. The summed E-state index contributed by atoms with van der Waals surface area (Å²) in [6, 6.07) is 13.5. The van der Waals surface area contributed by atoms with Crippen LogP contribution in [0.15, 0.2) is 54.7 Å². The molecule has 0 bridgehead atoms. The monoisotopic (exact) mass is 388 g/mol. The average molecular weight is 388 g/mol. The van der Waals surface area contributed by atoms with Crippen LogP contribution in [0.5, 0.6) is 0 Å². The molecule has 0 saturated heterocycles. The van der Waals surface area contributed by atoms with Crippen molar-refractivity contribution in [2.24, 2.45) is 5.73 Å². The van der Waals surface area contributed by atoms with Crippen molar-refractivity contribution in [1.82, 2.24) is 4.98 Å². The number of para-hydroxylation sites is 1. The molecule has 2 aromatic carbocycles. The van der Waals surface area contributed by atoms with Crippen molar-refractivity contribution < 1.29 is 17.9 Å². The third-order valence-electron chi connectivity index (χ3n) is 5.73. The van der Waals surface area contributed by atoms with Crippen molar-refractivity contribution in [1.29, 1.82) is 0 Å². The molecule has 2 unspecified atom stereocenters. The summed E-state index contributed by atoms with van der Waals surface area (Å²) in [6.07, 6.45) is 0.549. The van der Waals surface area contributed by atoms with Crippen LogP contribution < -0.4 is 5.73 Å². The highest BCUT2D eigenvalue weighted by Crippen LogP contribution is 2.41. The fourth-order valence-corrected chi connectivity index (χ4v) is 4.28. The van der Waals surface area contributed by atoms with Gasteiger partial charge >= 0.3 is 6.18 Å². The maximum atomic E-state index is 13.3. The molecule has 0 radical (unpaired) electrons. The molecule has 0 amide bonds. The van der Waals surface area contributed by atoms with Gasteiger partial charge in [-0.15, -0.1) is 0 Å². The number of aromatic amines is 1. The number of nitrogens with two attached hydrogens (primary N) is 1. The SMILES string of the molecule is NC1(c2c[nH]c3ccccc23)CCCCC1OCc1ccccc1C(F)(F)F. The molecular formula is C22H23F3N2O. The quantitative estimate of drug-likeness (QED) is 0.620. The molecule has 3 nitrogen and oxygen atoms in total. The predicted molar refractivity (Wildman–Crippen MR) is 103 cm³/mol. The molecule has 3 N–H and O–H groups in total. The Kier molecular flexibility index (Phi) is 4.93. The topological polar surface area (TPSA) is 51.0 Å². The van der Waals surface area contributed by atoms with Gasteiger partial charge in [0.05, 0.1) is 23.8 Å². The standard InChI is InChI=1S/C22H23F3N2O/c23-22(24,25)17-9-3-1-7-15(17)14-28-20-11-5-6-12-21(20,26)18-13-27-19-10-4-2-8-16(18)19/h1-4,7-10,13,20,27H,5-6,11-12,14,26H2. The Balaban J connectivity index is 1.62. The fraction of sp³-hybridized carbons (Fsp3) is 0.364. The third kappa shape index (κ3) is 3.42. The fourth-order valence-electron chi connectivity index (χ4n) is 4.28. The minimum atomic E-state index is -4.40. The number of nitrogens with one attached hydrogen (secondary N) is 1. The first kappa shape index (κ1) is 19.0. The van der Waals surface area contributed by atoms with Gasteiger partial charge in [-0.3, -0.25) is 0 Å². The smallest absolute Gasteiger partial charge is 0.371 e. The van der Waals surface area contributed by atoms with Gasteiger partial charge in [0.25, 0.3) is 0 Å². The van der Waals surface area contributed by atoms with Gasteiger partial charge in [-0.05, 0) is 36.1 Å². The maximum Gasteiger partial charge on any atom is 0.416 e. The summed E-state index contributed by atoms with van der Waals surface area (Å²) in [7, 11) is 0. The summed E-state index contributed by atoms with van der Waals surface area (Å²) in [4.78, 5) is 3.25. The first-order valence-electron chi connectivity index (χ1n) is 9.52. The van der Waals surface area contributed by atoms with E-state index in [1.54, 1.807) is 6.07 Å². The second-order valence-electron chi connectivity index (χ2n) is 7.49. The van der Waals surface area contributed by atoms with Crippen molar-refractivity contribution in [3.05, 3.63) is 71.4 Å². The van der Waals surface area contributed by atoms with Gasteiger partial charge in [-0.25, -0.2) is 0 Å². The molecule has 1 aliphatic rings. The molecule has 3 aromatic rings. The minimum Gasteiger partial charge on any atom is -0.371 e. The lowest BCUT2D eigenvalue weighted by atomic mass is 9.75. The summed E-state index contributed by atoms with van der Waals surface area (Å²) < 4.78 is 45.9. The van der Waals surface area contributed by atoms with Crippen LogP contribution in [0, 0.1) is 0 Å². The number of rotatable bonds is 4. The van der Waals surface area contributed by atoms with E-state index in [0.717, 1.165) is 48.2 Å².